The average Bonchev–Trinajstić information content (AvgIpc) is 3.46. The first-order chi connectivity index (χ1) is 14.0. The second-order valence-corrected chi connectivity index (χ2v) is 11.1. The number of nitrogens with one attached hydrogen (secondary N) is 3. The van der Waals surface area contributed by atoms with Gasteiger partial charge in [0.2, 0.25) is 10.0 Å². The van der Waals surface area contributed by atoms with E-state index >= 15 is 0 Å². The van der Waals surface area contributed by atoms with Gasteiger partial charge in [-0.25, -0.2) is 21.6 Å². The Bertz CT molecular complexity index is 1160. The fraction of sp³-hybridized carbons (Fsp3) is 0.316. The molecule has 30 heavy (non-hydrogen) atoms. The Balaban J connectivity index is 1.81. The van der Waals surface area contributed by atoms with Crippen molar-refractivity contribution in [3.8, 4) is 0 Å². The SMILES string of the molecule is CC(C)NC(=O)c1ccc(Cl)c(NS(=O)(=O)c2ccc(S(=O)(=O)NC3CC3)cc2)c1. The van der Waals surface area contributed by atoms with Crippen molar-refractivity contribution in [1.29, 1.82) is 0 Å². The molecule has 1 amide bonds. The van der Waals surface area contributed by atoms with E-state index in [4.69, 9.17) is 11.6 Å². The number of halogens is 1. The molecule has 11 heteroatoms. The molecule has 3 rings (SSSR count). The molecule has 162 valence electrons. The quantitative estimate of drug-likeness (QED) is 0.546. The van der Waals surface area contributed by atoms with Crippen LogP contribution in [0, 0.1) is 0 Å². The molecule has 1 aliphatic carbocycles. The van der Waals surface area contributed by atoms with Gasteiger partial charge in [-0.05, 0) is 69.2 Å². The first-order valence-electron chi connectivity index (χ1n) is 9.23. The van der Waals surface area contributed by atoms with E-state index in [-0.39, 0.29) is 44.1 Å². The summed E-state index contributed by atoms with van der Waals surface area (Å²) in [7, 11) is -7.74. The van der Waals surface area contributed by atoms with Crippen LogP contribution in [0.1, 0.15) is 37.0 Å². The summed E-state index contributed by atoms with van der Waals surface area (Å²) in [5.41, 5.74) is 0.290. The molecule has 0 aliphatic heterocycles. The summed E-state index contributed by atoms with van der Waals surface area (Å²) in [6.07, 6.45) is 1.59. The van der Waals surface area contributed by atoms with Gasteiger partial charge >= 0.3 is 0 Å². The minimum absolute atomic E-state index is 0.0151. The number of amides is 1. The van der Waals surface area contributed by atoms with Crippen LogP contribution in [0.2, 0.25) is 5.02 Å². The zero-order valence-corrected chi connectivity index (χ0v) is 18.7. The molecular weight excluding hydrogens is 450 g/mol. The van der Waals surface area contributed by atoms with E-state index in [9.17, 15) is 21.6 Å². The van der Waals surface area contributed by atoms with Crippen LogP contribution in [0.25, 0.3) is 0 Å². The number of benzene rings is 2. The number of rotatable bonds is 8. The first-order valence-corrected chi connectivity index (χ1v) is 12.6. The molecule has 0 aromatic heterocycles. The Morgan fingerprint density at radius 3 is 2.07 bits per heavy atom. The van der Waals surface area contributed by atoms with Gasteiger partial charge in [-0.1, -0.05) is 11.6 Å². The van der Waals surface area contributed by atoms with Crippen molar-refractivity contribution in [2.45, 2.75) is 48.6 Å². The molecule has 0 radical (unpaired) electrons. The average molecular weight is 472 g/mol. The predicted octanol–water partition coefficient (Wildman–Crippen LogP) is 2.72. The summed E-state index contributed by atoms with van der Waals surface area (Å²) < 4.78 is 54.8. The van der Waals surface area contributed by atoms with Gasteiger partial charge in [0.25, 0.3) is 15.9 Å². The monoisotopic (exact) mass is 471 g/mol. The van der Waals surface area contributed by atoms with Crippen molar-refractivity contribution < 1.29 is 21.6 Å². The molecule has 3 N–H and O–H groups in total. The van der Waals surface area contributed by atoms with Crippen LogP contribution in [0.4, 0.5) is 5.69 Å². The van der Waals surface area contributed by atoms with Gasteiger partial charge in [0.05, 0.1) is 20.5 Å². The van der Waals surface area contributed by atoms with Gasteiger partial charge in [-0.2, -0.15) is 0 Å². The van der Waals surface area contributed by atoms with Gasteiger partial charge in [0.15, 0.2) is 0 Å². The van der Waals surface area contributed by atoms with Crippen LogP contribution in [0.3, 0.4) is 0 Å². The number of sulfonamides is 2. The topological polar surface area (TPSA) is 121 Å². The van der Waals surface area contributed by atoms with E-state index in [0.29, 0.717) is 0 Å². The van der Waals surface area contributed by atoms with E-state index < -0.39 is 20.0 Å². The Morgan fingerprint density at radius 2 is 1.53 bits per heavy atom. The summed E-state index contributed by atoms with van der Waals surface area (Å²) >= 11 is 6.09. The molecule has 1 aliphatic rings. The van der Waals surface area contributed by atoms with E-state index in [0.717, 1.165) is 12.8 Å². The third-order valence-electron chi connectivity index (χ3n) is 4.24. The highest BCUT2D eigenvalue weighted by Crippen LogP contribution is 2.27. The molecule has 2 aromatic rings. The molecule has 8 nitrogen and oxygen atoms in total. The molecular formula is C19H22ClN3O5S2. The molecule has 0 atom stereocenters. The smallest absolute Gasteiger partial charge is 0.261 e. The van der Waals surface area contributed by atoms with Crippen molar-refractivity contribution in [3.63, 3.8) is 0 Å². The summed E-state index contributed by atoms with van der Waals surface area (Å²) in [4.78, 5) is 12.0. The van der Waals surface area contributed by atoms with Crippen LogP contribution in [-0.4, -0.2) is 34.8 Å². The van der Waals surface area contributed by atoms with Gasteiger partial charge in [0, 0.05) is 17.6 Å². The van der Waals surface area contributed by atoms with Crippen LogP contribution in [0.5, 0.6) is 0 Å². The van der Waals surface area contributed by atoms with Crippen molar-refractivity contribution >= 4 is 43.2 Å². The molecule has 1 saturated carbocycles. The standard InChI is InChI=1S/C19H22ClN3O5S2/c1-12(2)21-19(24)13-3-10-17(20)18(11-13)23-30(27,28)16-8-6-15(7-9-16)29(25,26)22-14-4-5-14/h3,6-12,14,22-23H,4-5H2,1-2H3,(H,21,24). The van der Waals surface area contributed by atoms with Crippen molar-refractivity contribution in [2.75, 3.05) is 4.72 Å². The second-order valence-electron chi connectivity index (χ2n) is 7.30. The Labute approximate surface area is 181 Å². The maximum Gasteiger partial charge on any atom is 0.261 e. The molecule has 0 spiro atoms. The molecule has 0 bridgehead atoms. The first kappa shape index (κ1) is 22.5. The number of carbonyl (C=O) groups is 1. The van der Waals surface area contributed by atoms with Crippen LogP contribution in [-0.2, 0) is 20.0 Å². The Hall–Kier alpha value is -2.14. The van der Waals surface area contributed by atoms with Crippen molar-refractivity contribution in [2.24, 2.45) is 0 Å². The van der Waals surface area contributed by atoms with E-state index in [1.807, 2.05) is 13.8 Å². The number of anilines is 1. The minimum Gasteiger partial charge on any atom is -0.350 e. The van der Waals surface area contributed by atoms with Gasteiger partial charge in [-0.15, -0.1) is 0 Å². The lowest BCUT2D eigenvalue weighted by Gasteiger charge is -2.13. The van der Waals surface area contributed by atoms with Crippen LogP contribution in [0.15, 0.2) is 52.3 Å². The molecule has 0 heterocycles. The highest BCUT2D eigenvalue weighted by molar-refractivity contribution is 7.92. The summed E-state index contributed by atoms with van der Waals surface area (Å²) in [6.45, 7) is 3.61. The highest BCUT2D eigenvalue weighted by atomic mass is 35.5. The maximum atomic E-state index is 12.7. The predicted molar refractivity (Wildman–Crippen MR) is 115 cm³/mol. The number of hydrogen-bond donors (Lipinski definition) is 3. The number of carbonyl (C=O) groups excluding carboxylic acids is 1. The summed E-state index contributed by atoms with van der Waals surface area (Å²) in [5.74, 6) is -0.361. The Kier molecular flexibility index (Phi) is 6.42. The third-order valence-corrected chi connectivity index (χ3v) is 7.48. The maximum absolute atomic E-state index is 12.7. The fourth-order valence-corrected chi connectivity index (χ4v) is 5.18. The third kappa shape index (κ3) is 5.51. The van der Waals surface area contributed by atoms with Crippen LogP contribution < -0.4 is 14.8 Å². The van der Waals surface area contributed by atoms with Crippen molar-refractivity contribution in [1.82, 2.24) is 10.0 Å². The summed E-state index contributed by atoms with van der Waals surface area (Å²) in [5, 5.41) is 2.83. The van der Waals surface area contributed by atoms with Gasteiger partial charge in [0.1, 0.15) is 0 Å². The largest absolute Gasteiger partial charge is 0.350 e. The normalized spacial score (nSPS) is 14.5. The van der Waals surface area contributed by atoms with Crippen LogP contribution >= 0.6 is 11.6 Å². The lowest BCUT2D eigenvalue weighted by atomic mass is 10.2. The van der Waals surface area contributed by atoms with Gasteiger partial charge < -0.3 is 5.32 Å². The fourth-order valence-electron chi connectivity index (χ4n) is 2.58. The zero-order valence-electron chi connectivity index (χ0n) is 16.3. The molecule has 0 saturated heterocycles. The van der Waals surface area contributed by atoms with E-state index in [1.54, 1.807) is 0 Å². The molecule has 1 fully saturated rings. The van der Waals surface area contributed by atoms with Gasteiger partial charge in [-0.3, -0.25) is 9.52 Å². The molecule has 2 aromatic carbocycles. The highest BCUT2D eigenvalue weighted by Gasteiger charge is 2.28. The molecule has 0 unspecified atom stereocenters. The lowest BCUT2D eigenvalue weighted by molar-refractivity contribution is 0.0943. The number of hydrogen-bond acceptors (Lipinski definition) is 5. The lowest BCUT2D eigenvalue weighted by Crippen LogP contribution is -2.30. The zero-order chi connectivity index (χ0) is 22.1. The van der Waals surface area contributed by atoms with E-state index in [1.165, 1.54) is 42.5 Å². The minimum atomic E-state index is -4.06. The van der Waals surface area contributed by atoms with E-state index in [2.05, 4.69) is 14.8 Å². The Morgan fingerprint density at radius 1 is 0.967 bits per heavy atom. The summed E-state index contributed by atoms with van der Waals surface area (Å²) in [6, 6.07) is 8.98. The second kappa shape index (κ2) is 8.54. The van der Waals surface area contributed by atoms with Crippen molar-refractivity contribution in [3.05, 3.63) is 53.1 Å².